The second-order valence-electron chi connectivity index (χ2n) is 5.31. The van der Waals surface area contributed by atoms with Gasteiger partial charge in [0.2, 0.25) is 5.91 Å². The van der Waals surface area contributed by atoms with Crippen LogP contribution in [0.15, 0.2) is 58.9 Å². The number of amides is 1. The highest BCUT2D eigenvalue weighted by Crippen LogP contribution is 2.31. The van der Waals surface area contributed by atoms with Crippen molar-refractivity contribution in [3.8, 4) is 0 Å². The van der Waals surface area contributed by atoms with Crippen molar-refractivity contribution in [2.45, 2.75) is 0 Å². The molecule has 3 nitrogen and oxygen atoms in total. The van der Waals surface area contributed by atoms with Gasteiger partial charge in [0.1, 0.15) is 6.54 Å². The number of aliphatic imine (C=N–C) groups is 1. The number of hydrogen-bond donors (Lipinski definition) is 0. The van der Waals surface area contributed by atoms with E-state index in [4.69, 9.17) is 0 Å². The van der Waals surface area contributed by atoms with Gasteiger partial charge in [-0.2, -0.15) is 0 Å². The van der Waals surface area contributed by atoms with Gasteiger partial charge < -0.3 is 4.90 Å². The maximum absolute atomic E-state index is 12.3. The van der Waals surface area contributed by atoms with Crippen LogP contribution in [0.1, 0.15) is 10.4 Å². The Kier molecular flexibility index (Phi) is 3.05. The van der Waals surface area contributed by atoms with Crippen LogP contribution in [0.3, 0.4) is 0 Å². The second-order valence-corrected chi connectivity index (χ2v) is 6.26. The quantitative estimate of drug-likeness (QED) is 0.674. The average Bonchev–Trinajstić information content (AvgIpc) is 3.04. The molecule has 0 aliphatic carbocycles. The fourth-order valence-electron chi connectivity index (χ4n) is 2.79. The minimum atomic E-state index is 0.0167. The van der Waals surface area contributed by atoms with Crippen LogP contribution in [0, 0.1) is 0 Å². The third-order valence-corrected chi connectivity index (χ3v) is 4.86. The molecule has 0 atom stereocenters. The van der Waals surface area contributed by atoms with Crippen molar-refractivity contribution in [3.05, 3.63) is 64.4 Å². The van der Waals surface area contributed by atoms with E-state index in [-0.39, 0.29) is 12.5 Å². The highest BCUT2D eigenvalue weighted by molar-refractivity contribution is 7.12. The topological polar surface area (TPSA) is 32.7 Å². The molecule has 3 aromatic rings. The largest absolute Gasteiger partial charge is 0.313 e. The lowest BCUT2D eigenvalue weighted by Gasteiger charge is -2.18. The number of benzene rings is 2. The molecule has 1 aromatic heterocycles. The molecule has 0 spiro atoms. The highest BCUT2D eigenvalue weighted by atomic mass is 32.1. The molecule has 0 fully saturated rings. The zero-order valence-electron chi connectivity index (χ0n) is 12.1. The molecule has 108 valence electrons. The first-order valence-electron chi connectivity index (χ1n) is 7.12. The monoisotopic (exact) mass is 306 g/mol. The fourth-order valence-corrected chi connectivity index (χ4v) is 3.54. The van der Waals surface area contributed by atoms with Gasteiger partial charge in [-0.25, -0.2) is 0 Å². The SMILES string of the molecule is CN1C(=O)CN=C(c2cccs2)c2cc3ccccc3cc21. The van der Waals surface area contributed by atoms with Crippen molar-refractivity contribution < 1.29 is 4.79 Å². The summed E-state index contributed by atoms with van der Waals surface area (Å²) >= 11 is 1.65. The summed E-state index contributed by atoms with van der Waals surface area (Å²) in [5.74, 6) is 0.0167. The van der Waals surface area contributed by atoms with Gasteiger partial charge in [0.05, 0.1) is 16.3 Å². The Balaban J connectivity index is 2.03. The van der Waals surface area contributed by atoms with Crippen molar-refractivity contribution in [1.29, 1.82) is 0 Å². The standard InChI is InChI=1S/C18H14N2OS/c1-20-15-10-13-6-3-2-5-12(13)9-14(15)18(19-11-17(20)21)16-7-4-8-22-16/h2-10H,11H2,1H3. The van der Waals surface area contributed by atoms with E-state index < -0.39 is 0 Å². The zero-order chi connectivity index (χ0) is 15.1. The molecular weight excluding hydrogens is 292 g/mol. The van der Waals surface area contributed by atoms with Gasteiger partial charge in [-0.1, -0.05) is 30.3 Å². The van der Waals surface area contributed by atoms with Crippen molar-refractivity contribution in [2.75, 3.05) is 18.5 Å². The number of carbonyl (C=O) groups is 1. The van der Waals surface area contributed by atoms with Crippen LogP contribution in [0.4, 0.5) is 5.69 Å². The van der Waals surface area contributed by atoms with Crippen LogP contribution in [-0.2, 0) is 4.79 Å². The molecule has 0 bridgehead atoms. The Morgan fingerprint density at radius 3 is 2.59 bits per heavy atom. The summed E-state index contributed by atoms with van der Waals surface area (Å²) in [5, 5.41) is 4.33. The van der Waals surface area contributed by atoms with Crippen LogP contribution < -0.4 is 4.90 Å². The summed E-state index contributed by atoms with van der Waals surface area (Å²) in [6, 6.07) is 16.5. The number of anilines is 1. The molecule has 0 saturated heterocycles. The Bertz CT molecular complexity index is 897. The van der Waals surface area contributed by atoms with E-state index in [0.29, 0.717) is 0 Å². The molecule has 0 unspecified atom stereocenters. The lowest BCUT2D eigenvalue weighted by Crippen LogP contribution is -2.27. The van der Waals surface area contributed by atoms with Gasteiger partial charge >= 0.3 is 0 Å². The first-order valence-corrected chi connectivity index (χ1v) is 8.00. The van der Waals surface area contributed by atoms with Crippen molar-refractivity contribution in [1.82, 2.24) is 0 Å². The summed E-state index contributed by atoms with van der Waals surface area (Å²) in [7, 11) is 1.82. The van der Waals surface area contributed by atoms with Crippen molar-refractivity contribution in [2.24, 2.45) is 4.99 Å². The summed E-state index contributed by atoms with van der Waals surface area (Å²) in [6.45, 7) is 0.189. The molecular formula is C18H14N2OS. The lowest BCUT2D eigenvalue weighted by atomic mass is 10.00. The number of thiophene rings is 1. The maximum Gasteiger partial charge on any atom is 0.248 e. The van der Waals surface area contributed by atoms with E-state index in [2.05, 4.69) is 35.3 Å². The second kappa shape index (κ2) is 5.07. The van der Waals surface area contributed by atoms with Crippen LogP contribution in [-0.4, -0.2) is 25.2 Å². The average molecular weight is 306 g/mol. The molecule has 0 saturated carbocycles. The normalized spacial score (nSPS) is 14.7. The van der Waals surface area contributed by atoms with Crippen LogP contribution >= 0.6 is 11.3 Å². The molecule has 2 aromatic carbocycles. The van der Waals surface area contributed by atoms with Gasteiger partial charge in [-0.3, -0.25) is 9.79 Å². The maximum atomic E-state index is 12.3. The molecule has 2 heterocycles. The summed E-state index contributed by atoms with van der Waals surface area (Å²) in [5.41, 5.74) is 2.86. The van der Waals surface area contributed by atoms with Crippen molar-refractivity contribution in [3.63, 3.8) is 0 Å². The molecule has 22 heavy (non-hydrogen) atoms. The molecule has 4 heteroatoms. The van der Waals surface area contributed by atoms with Gasteiger partial charge in [0.15, 0.2) is 0 Å². The number of rotatable bonds is 1. The van der Waals surface area contributed by atoms with Gasteiger partial charge in [-0.05, 0) is 34.4 Å². The van der Waals surface area contributed by atoms with Crippen molar-refractivity contribution >= 4 is 39.4 Å². The predicted molar refractivity (Wildman–Crippen MR) is 92.2 cm³/mol. The summed E-state index contributed by atoms with van der Waals surface area (Å²) in [4.78, 5) is 19.6. The number of carbonyl (C=O) groups excluding carboxylic acids is 1. The van der Waals surface area contributed by atoms with E-state index in [1.165, 1.54) is 0 Å². The van der Waals surface area contributed by atoms with Gasteiger partial charge in [0, 0.05) is 12.6 Å². The third kappa shape index (κ3) is 2.04. The molecule has 1 amide bonds. The van der Waals surface area contributed by atoms with E-state index >= 15 is 0 Å². The molecule has 1 aliphatic heterocycles. The third-order valence-electron chi connectivity index (χ3n) is 3.98. The minimum absolute atomic E-state index is 0.0167. The Hall–Kier alpha value is -2.46. The number of hydrogen-bond acceptors (Lipinski definition) is 3. The molecule has 0 N–H and O–H groups in total. The molecule has 0 radical (unpaired) electrons. The Morgan fingerprint density at radius 1 is 1.09 bits per heavy atom. The predicted octanol–water partition coefficient (Wildman–Crippen LogP) is 3.72. The lowest BCUT2D eigenvalue weighted by molar-refractivity contribution is -0.116. The Labute approximate surface area is 132 Å². The minimum Gasteiger partial charge on any atom is -0.313 e. The summed E-state index contributed by atoms with van der Waals surface area (Å²) < 4.78 is 0. The van der Waals surface area contributed by atoms with E-state index in [1.807, 2.05) is 30.6 Å². The fraction of sp³-hybridized carbons (Fsp3) is 0.111. The summed E-state index contributed by atoms with van der Waals surface area (Å²) in [6.07, 6.45) is 0. The van der Waals surface area contributed by atoms with Gasteiger partial charge in [0.25, 0.3) is 0 Å². The van der Waals surface area contributed by atoms with Crippen LogP contribution in [0.25, 0.3) is 10.8 Å². The number of fused-ring (bicyclic) bond motifs is 2. The van der Waals surface area contributed by atoms with E-state index in [9.17, 15) is 4.79 Å². The first kappa shape index (κ1) is 13.2. The van der Waals surface area contributed by atoms with Gasteiger partial charge in [-0.15, -0.1) is 11.3 Å². The zero-order valence-corrected chi connectivity index (χ0v) is 12.9. The Morgan fingerprint density at radius 2 is 1.86 bits per heavy atom. The number of nitrogens with zero attached hydrogens (tertiary/aromatic N) is 2. The molecule has 1 aliphatic rings. The van der Waals surface area contributed by atoms with E-state index in [1.54, 1.807) is 16.2 Å². The highest BCUT2D eigenvalue weighted by Gasteiger charge is 2.23. The van der Waals surface area contributed by atoms with Crippen LogP contribution in [0.5, 0.6) is 0 Å². The van der Waals surface area contributed by atoms with Crippen LogP contribution in [0.2, 0.25) is 0 Å². The smallest absolute Gasteiger partial charge is 0.248 e. The first-order chi connectivity index (χ1) is 10.7. The number of likely N-dealkylation sites (N-methyl/N-ethyl adjacent to an activating group) is 1. The molecule has 4 rings (SSSR count). The van der Waals surface area contributed by atoms with E-state index in [0.717, 1.165) is 32.6 Å².